The SMILES string of the molecule is CCCN1C(=O)/C(=C/c2cccc(OC)c2OC)SC1=Nc1ccc(Cl)cc1. The molecule has 146 valence electrons. The molecule has 7 heteroatoms. The van der Waals surface area contributed by atoms with Crippen molar-refractivity contribution >= 4 is 46.2 Å². The van der Waals surface area contributed by atoms with Crippen molar-refractivity contribution in [2.45, 2.75) is 13.3 Å². The number of methoxy groups -OCH3 is 2. The van der Waals surface area contributed by atoms with Crippen molar-refractivity contribution in [2.24, 2.45) is 4.99 Å². The molecule has 0 spiro atoms. The van der Waals surface area contributed by atoms with Crippen LogP contribution in [0.2, 0.25) is 5.02 Å². The number of aliphatic imine (C=N–C) groups is 1. The van der Waals surface area contributed by atoms with E-state index in [1.54, 1.807) is 31.3 Å². The van der Waals surface area contributed by atoms with E-state index in [4.69, 9.17) is 21.1 Å². The molecule has 0 bridgehead atoms. The minimum Gasteiger partial charge on any atom is -0.493 e. The van der Waals surface area contributed by atoms with Crippen LogP contribution >= 0.6 is 23.4 Å². The number of carbonyl (C=O) groups is 1. The number of para-hydroxylation sites is 1. The van der Waals surface area contributed by atoms with Gasteiger partial charge in [-0.15, -0.1) is 0 Å². The maximum atomic E-state index is 13.0. The van der Waals surface area contributed by atoms with Gasteiger partial charge < -0.3 is 9.47 Å². The lowest BCUT2D eigenvalue weighted by Gasteiger charge is -2.14. The molecule has 1 heterocycles. The van der Waals surface area contributed by atoms with Crippen LogP contribution in [0.4, 0.5) is 5.69 Å². The van der Waals surface area contributed by atoms with Crippen LogP contribution in [0, 0.1) is 0 Å². The van der Waals surface area contributed by atoms with E-state index in [1.165, 1.54) is 11.8 Å². The lowest BCUT2D eigenvalue weighted by Crippen LogP contribution is -2.29. The number of hydrogen-bond acceptors (Lipinski definition) is 5. The Morgan fingerprint density at radius 2 is 1.89 bits per heavy atom. The Morgan fingerprint density at radius 3 is 2.54 bits per heavy atom. The Morgan fingerprint density at radius 1 is 1.14 bits per heavy atom. The number of thioether (sulfide) groups is 1. The van der Waals surface area contributed by atoms with Crippen LogP contribution in [-0.2, 0) is 4.79 Å². The van der Waals surface area contributed by atoms with E-state index < -0.39 is 0 Å². The van der Waals surface area contributed by atoms with Gasteiger partial charge >= 0.3 is 0 Å². The Hall–Kier alpha value is -2.44. The summed E-state index contributed by atoms with van der Waals surface area (Å²) in [5.74, 6) is 1.15. The predicted molar refractivity (Wildman–Crippen MR) is 116 cm³/mol. The van der Waals surface area contributed by atoms with Gasteiger partial charge in [0.2, 0.25) is 0 Å². The number of halogens is 1. The topological polar surface area (TPSA) is 51.1 Å². The smallest absolute Gasteiger partial charge is 0.266 e. The minimum absolute atomic E-state index is 0.0653. The number of hydrogen-bond donors (Lipinski definition) is 0. The number of rotatable bonds is 6. The monoisotopic (exact) mass is 416 g/mol. The van der Waals surface area contributed by atoms with Gasteiger partial charge in [-0.2, -0.15) is 0 Å². The van der Waals surface area contributed by atoms with Gasteiger partial charge in [-0.05, 0) is 54.6 Å². The number of carbonyl (C=O) groups excluding carboxylic acids is 1. The van der Waals surface area contributed by atoms with Crippen LogP contribution in [0.5, 0.6) is 11.5 Å². The van der Waals surface area contributed by atoms with E-state index in [0.29, 0.717) is 33.1 Å². The average molecular weight is 417 g/mol. The maximum Gasteiger partial charge on any atom is 0.266 e. The van der Waals surface area contributed by atoms with Gasteiger partial charge in [-0.25, -0.2) is 4.99 Å². The van der Waals surface area contributed by atoms with Gasteiger partial charge in [-0.1, -0.05) is 30.7 Å². The van der Waals surface area contributed by atoms with Crippen molar-refractivity contribution in [1.82, 2.24) is 4.90 Å². The Kier molecular flexibility index (Phi) is 6.65. The zero-order chi connectivity index (χ0) is 20.1. The predicted octanol–water partition coefficient (Wildman–Crippen LogP) is 5.37. The zero-order valence-corrected chi connectivity index (χ0v) is 17.5. The van der Waals surface area contributed by atoms with Crippen molar-refractivity contribution in [3.63, 3.8) is 0 Å². The van der Waals surface area contributed by atoms with Crippen molar-refractivity contribution < 1.29 is 14.3 Å². The summed E-state index contributed by atoms with van der Waals surface area (Å²) in [5.41, 5.74) is 1.53. The largest absolute Gasteiger partial charge is 0.493 e. The molecule has 2 aromatic rings. The van der Waals surface area contributed by atoms with Crippen LogP contribution in [0.1, 0.15) is 18.9 Å². The quantitative estimate of drug-likeness (QED) is 0.594. The summed E-state index contributed by atoms with van der Waals surface area (Å²) in [5, 5.41) is 1.30. The molecule has 0 atom stereocenters. The molecule has 0 unspecified atom stereocenters. The minimum atomic E-state index is -0.0653. The van der Waals surface area contributed by atoms with E-state index in [1.807, 2.05) is 43.3 Å². The first-order valence-electron chi connectivity index (χ1n) is 8.84. The number of nitrogens with zero attached hydrogens (tertiary/aromatic N) is 2. The van der Waals surface area contributed by atoms with E-state index in [-0.39, 0.29) is 5.91 Å². The second kappa shape index (κ2) is 9.17. The summed E-state index contributed by atoms with van der Waals surface area (Å²) < 4.78 is 10.8. The summed E-state index contributed by atoms with van der Waals surface area (Å²) in [6.07, 6.45) is 2.66. The summed E-state index contributed by atoms with van der Waals surface area (Å²) in [6.45, 7) is 2.63. The van der Waals surface area contributed by atoms with E-state index in [2.05, 4.69) is 4.99 Å². The third kappa shape index (κ3) is 4.34. The molecule has 1 aliphatic heterocycles. The number of ether oxygens (including phenoxy) is 2. The molecule has 28 heavy (non-hydrogen) atoms. The molecule has 3 rings (SSSR count). The van der Waals surface area contributed by atoms with E-state index in [0.717, 1.165) is 17.7 Å². The van der Waals surface area contributed by atoms with Crippen LogP contribution < -0.4 is 9.47 Å². The fourth-order valence-electron chi connectivity index (χ4n) is 2.81. The molecule has 1 amide bonds. The average Bonchev–Trinajstić information content (AvgIpc) is 2.98. The van der Waals surface area contributed by atoms with Gasteiger partial charge in [0.25, 0.3) is 5.91 Å². The summed E-state index contributed by atoms with van der Waals surface area (Å²) >= 11 is 7.30. The molecule has 5 nitrogen and oxygen atoms in total. The summed E-state index contributed by atoms with van der Waals surface area (Å²) in [4.78, 5) is 19.9. The first-order valence-corrected chi connectivity index (χ1v) is 10.0. The van der Waals surface area contributed by atoms with Gasteiger partial charge in [0, 0.05) is 17.1 Å². The molecule has 0 aliphatic carbocycles. The Labute approximate surface area is 174 Å². The number of amidine groups is 1. The highest BCUT2D eigenvalue weighted by molar-refractivity contribution is 8.18. The molecular weight excluding hydrogens is 396 g/mol. The van der Waals surface area contributed by atoms with Gasteiger partial charge in [0.15, 0.2) is 16.7 Å². The molecule has 1 fully saturated rings. The van der Waals surface area contributed by atoms with E-state index in [9.17, 15) is 4.79 Å². The first-order chi connectivity index (χ1) is 13.6. The fraction of sp³-hybridized carbons (Fsp3) is 0.238. The second-order valence-electron chi connectivity index (χ2n) is 6.02. The van der Waals surface area contributed by atoms with Crippen molar-refractivity contribution in [3.05, 3.63) is 58.0 Å². The molecule has 0 aromatic heterocycles. The van der Waals surface area contributed by atoms with Crippen molar-refractivity contribution in [3.8, 4) is 11.5 Å². The van der Waals surface area contributed by atoms with Crippen LogP contribution in [0.15, 0.2) is 52.4 Å². The van der Waals surface area contributed by atoms with Gasteiger partial charge in [0.1, 0.15) is 0 Å². The Balaban J connectivity index is 1.98. The second-order valence-corrected chi connectivity index (χ2v) is 7.47. The van der Waals surface area contributed by atoms with Crippen molar-refractivity contribution in [1.29, 1.82) is 0 Å². The zero-order valence-electron chi connectivity index (χ0n) is 15.9. The van der Waals surface area contributed by atoms with Crippen molar-refractivity contribution in [2.75, 3.05) is 20.8 Å². The standard InChI is InChI=1S/C21H21ClN2O3S/c1-4-12-24-20(25)18(13-14-6-5-7-17(26-2)19(14)27-3)28-21(24)23-16-10-8-15(22)9-11-16/h5-11,13H,4,12H2,1-3H3/b18-13-,23-21?. The lowest BCUT2D eigenvalue weighted by molar-refractivity contribution is -0.122. The molecule has 0 saturated carbocycles. The third-order valence-corrected chi connectivity index (χ3v) is 5.37. The molecule has 2 aromatic carbocycles. The van der Waals surface area contributed by atoms with Gasteiger partial charge in [-0.3, -0.25) is 9.69 Å². The number of benzene rings is 2. The normalized spacial score (nSPS) is 16.9. The molecular formula is C21H21ClN2O3S. The van der Waals surface area contributed by atoms with E-state index >= 15 is 0 Å². The Bertz CT molecular complexity index is 926. The highest BCUT2D eigenvalue weighted by Crippen LogP contribution is 2.38. The maximum absolute atomic E-state index is 13.0. The molecule has 1 saturated heterocycles. The summed E-state index contributed by atoms with van der Waals surface area (Å²) in [7, 11) is 3.17. The number of amides is 1. The van der Waals surface area contributed by atoms with Gasteiger partial charge in [0.05, 0.1) is 24.8 Å². The van der Waals surface area contributed by atoms with Crippen LogP contribution in [0.25, 0.3) is 6.08 Å². The first kappa shape index (κ1) is 20.3. The molecule has 0 radical (unpaired) electrons. The lowest BCUT2D eigenvalue weighted by atomic mass is 10.1. The molecule has 0 N–H and O–H groups in total. The highest BCUT2D eigenvalue weighted by Gasteiger charge is 2.33. The third-order valence-electron chi connectivity index (χ3n) is 4.11. The van der Waals surface area contributed by atoms with Crippen LogP contribution in [-0.4, -0.2) is 36.7 Å². The summed E-state index contributed by atoms with van der Waals surface area (Å²) in [6, 6.07) is 12.8. The molecule has 1 aliphatic rings. The highest BCUT2D eigenvalue weighted by atomic mass is 35.5. The fourth-order valence-corrected chi connectivity index (χ4v) is 3.95. The van der Waals surface area contributed by atoms with Crippen LogP contribution in [0.3, 0.4) is 0 Å².